The molecular formula is C78H152O17P2. The number of phosphoric acid groups is 2. The maximum absolute atomic E-state index is 13.1. The van der Waals surface area contributed by atoms with Crippen LogP contribution in [0.15, 0.2) is 0 Å². The van der Waals surface area contributed by atoms with Crippen LogP contribution >= 0.6 is 15.6 Å². The van der Waals surface area contributed by atoms with E-state index in [0.717, 1.165) is 109 Å². The molecule has 17 nitrogen and oxygen atoms in total. The number of unbranched alkanes of at least 4 members (excludes halogenated alkanes) is 50. The molecule has 19 heteroatoms. The van der Waals surface area contributed by atoms with Crippen LogP contribution in [0.25, 0.3) is 0 Å². The number of carbonyl (C=O) groups is 4. The topological polar surface area (TPSA) is 237 Å². The second kappa shape index (κ2) is 71.1. The van der Waals surface area contributed by atoms with Gasteiger partial charge in [0.2, 0.25) is 0 Å². The zero-order chi connectivity index (χ0) is 71.2. The van der Waals surface area contributed by atoms with E-state index in [1.54, 1.807) is 0 Å². The monoisotopic (exact) mass is 1420 g/mol. The van der Waals surface area contributed by atoms with E-state index < -0.39 is 97.5 Å². The molecule has 0 aliphatic rings. The third-order valence-electron chi connectivity index (χ3n) is 18.3. The van der Waals surface area contributed by atoms with Gasteiger partial charge >= 0.3 is 39.5 Å². The first-order valence-electron chi connectivity index (χ1n) is 40.6. The Bertz CT molecular complexity index is 1860. The van der Waals surface area contributed by atoms with Gasteiger partial charge in [-0.25, -0.2) is 9.13 Å². The fraction of sp³-hybridized carbons (Fsp3) is 0.949. The number of rotatable bonds is 78. The number of ether oxygens (including phenoxy) is 4. The highest BCUT2D eigenvalue weighted by Gasteiger charge is 2.30. The van der Waals surface area contributed by atoms with E-state index >= 15 is 0 Å². The average Bonchev–Trinajstić information content (AvgIpc) is 2.82. The molecule has 0 aromatic rings. The van der Waals surface area contributed by atoms with Crippen LogP contribution in [-0.4, -0.2) is 96.7 Å². The van der Waals surface area contributed by atoms with Crippen LogP contribution in [0.4, 0.5) is 0 Å². The lowest BCUT2D eigenvalue weighted by Gasteiger charge is -2.21. The highest BCUT2D eigenvalue weighted by atomic mass is 31.2. The van der Waals surface area contributed by atoms with Crippen molar-refractivity contribution in [1.29, 1.82) is 0 Å². The van der Waals surface area contributed by atoms with Crippen molar-refractivity contribution >= 4 is 39.5 Å². The van der Waals surface area contributed by atoms with E-state index in [2.05, 4.69) is 34.6 Å². The van der Waals surface area contributed by atoms with Crippen LogP contribution in [0.2, 0.25) is 0 Å². The number of phosphoric ester groups is 2. The third-order valence-corrected chi connectivity index (χ3v) is 20.2. The molecule has 5 atom stereocenters. The first-order chi connectivity index (χ1) is 47.0. The van der Waals surface area contributed by atoms with E-state index in [1.807, 2.05) is 0 Å². The van der Waals surface area contributed by atoms with Gasteiger partial charge in [-0.3, -0.25) is 37.3 Å². The highest BCUT2D eigenvalue weighted by molar-refractivity contribution is 7.47. The maximum atomic E-state index is 13.1. The van der Waals surface area contributed by atoms with E-state index in [9.17, 15) is 43.2 Å². The van der Waals surface area contributed by atoms with Crippen molar-refractivity contribution in [2.75, 3.05) is 39.6 Å². The van der Waals surface area contributed by atoms with Gasteiger partial charge in [-0.2, -0.15) is 0 Å². The SMILES string of the molecule is CCCCCCCCCCCCCCCCCCCCCCCC(=O)O[C@H](COC(=O)CCCCCCCCCCCCCCCC(C)C)COP(=O)(O)OC[C@@H](O)COP(=O)(O)OC[C@@H](COC(=O)CCCCCCCCC)OC(=O)CCCCCCCCCCCCCCC. The van der Waals surface area contributed by atoms with Gasteiger partial charge in [0, 0.05) is 25.7 Å². The van der Waals surface area contributed by atoms with E-state index in [-0.39, 0.29) is 25.7 Å². The van der Waals surface area contributed by atoms with Gasteiger partial charge in [0.15, 0.2) is 12.2 Å². The summed E-state index contributed by atoms with van der Waals surface area (Å²) in [6.45, 7) is 7.28. The van der Waals surface area contributed by atoms with Crippen LogP contribution in [0, 0.1) is 5.92 Å². The van der Waals surface area contributed by atoms with Crippen molar-refractivity contribution in [3.63, 3.8) is 0 Å². The van der Waals surface area contributed by atoms with Crippen molar-refractivity contribution < 1.29 is 80.2 Å². The first kappa shape index (κ1) is 95.1. The molecule has 2 unspecified atom stereocenters. The van der Waals surface area contributed by atoms with Gasteiger partial charge in [0.1, 0.15) is 19.3 Å². The van der Waals surface area contributed by atoms with Crippen LogP contribution in [0.5, 0.6) is 0 Å². The molecule has 576 valence electrons. The quantitative estimate of drug-likeness (QED) is 0.0222. The maximum Gasteiger partial charge on any atom is 0.472 e. The molecule has 0 radical (unpaired) electrons. The molecule has 0 fully saturated rings. The number of esters is 4. The molecule has 3 N–H and O–H groups in total. The minimum absolute atomic E-state index is 0.108. The van der Waals surface area contributed by atoms with Crippen molar-refractivity contribution in [2.45, 2.75) is 432 Å². The number of aliphatic hydroxyl groups is 1. The fourth-order valence-electron chi connectivity index (χ4n) is 12.1. The summed E-state index contributed by atoms with van der Waals surface area (Å²) in [6, 6.07) is 0. The molecule has 0 amide bonds. The number of hydrogen-bond donors (Lipinski definition) is 3. The summed E-state index contributed by atoms with van der Waals surface area (Å²) in [4.78, 5) is 72.7. The second-order valence-corrected chi connectivity index (χ2v) is 31.5. The van der Waals surface area contributed by atoms with Gasteiger partial charge in [0.25, 0.3) is 0 Å². The number of aliphatic hydroxyl groups excluding tert-OH is 1. The van der Waals surface area contributed by atoms with E-state index in [0.29, 0.717) is 25.7 Å². The summed E-state index contributed by atoms with van der Waals surface area (Å²) < 4.78 is 68.5. The van der Waals surface area contributed by atoms with Gasteiger partial charge in [-0.1, -0.05) is 362 Å². The van der Waals surface area contributed by atoms with Gasteiger partial charge < -0.3 is 33.8 Å². The lowest BCUT2D eigenvalue weighted by atomic mass is 10.0. The molecule has 0 aromatic heterocycles. The predicted octanol–water partition coefficient (Wildman–Crippen LogP) is 23.3. The summed E-state index contributed by atoms with van der Waals surface area (Å²) in [5, 5.41) is 10.6. The zero-order valence-corrected chi connectivity index (χ0v) is 65.0. The Hall–Kier alpha value is -1.94. The summed E-state index contributed by atoms with van der Waals surface area (Å²) >= 11 is 0. The predicted molar refractivity (Wildman–Crippen MR) is 395 cm³/mol. The van der Waals surface area contributed by atoms with Crippen molar-refractivity contribution in [2.24, 2.45) is 5.92 Å². The Morgan fingerprint density at radius 2 is 0.474 bits per heavy atom. The lowest BCUT2D eigenvalue weighted by molar-refractivity contribution is -0.161. The standard InChI is InChI=1S/C78H152O17P2/c1-6-9-12-15-18-20-22-24-25-26-27-28-29-30-31-35-40-44-49-54-59-64-78(83)95-74(68-89-76(81)62-57-52-47-42-38-36-32-34-37-41-46-50-55-60-71(4)5)70-93-97(86,87)91-66-72(79)65-90-96(84,85)92-69-73(67-88-75(80)61-56-51-45-17-14-11-8-3)94-77(82)63-58-53-48-43-39-33-23-21-19-16-13-10-7-2/h71-74,79H,6-70H2,1-5H3,(H,84,85)(H,86,87)/t72-,73+,74+/m0/s1. The molecule has 0 aliphatic carbocycles. The molecule has 0 heterocycles. The lowest BCUT2D eigenvalue weighted by Crippen LogP contribution is -2.30. The Morgan fingerprint density at radius 1 is 0.278 bits per heavy atom. The zero-order valence-electron chi connectivity index (χ0n) is 63.2. The summed E-state index contributed by atoms with van der Waals surface area (Å²) in [6.07, 6.45) is 61.2. The average molecular weight is 1420 g/mol. The Kier molecular flexibility index (Phi) is 69.6. The Morgan fingerprint density at radius 3 is 0.701 bits per heavy atom. The van der Waals surface area contributed by atoms with Gasteiger partial charge in [-0.15, -0.1) is 0 Å². The minimum atomic E-state index is -4.96. The first-order valence-corrected chi connectivity index (χ1v) is 43.6. The fourth-order valence-corrected chi connectivity index (χ4v) is 13.6. The van der Waals surface area contributed by atoms with Crippen molar-refractivity contribution in [3.05, 3.63) is 0 Å². The van der Waals surface area contributed by atoms with E-state index in [1.165, 1.54) is 225 Å². The molecule has 0 bridgehead atoms. The summed E-state index contributed by atoms with van der Waals surface area (Å²) in [7, 11) is -9.91. The summed E-state index contributed by atoms with van der Waals surface area (Å²) in [5.41, 5.74) is 0. The molecule has 0 aliphatic heterocycles. The van der Waals surface area contributed by atoms with Crippen molar-refractivity contribution in [1.82, 2.24) is 0 Å². The molecule has 0 spiro atoms. The Balaban J connectivity index is 5.17. The van der Waals surface area contributed by atoms with Crippen LogP contribution in [0.1, 0.15) is 413 Å². The van der Waals surface area contributed by atoms with Crippen LogP contribution in [0.3, 0.4) is 0 Å². The van der Waals surface area contributed by atoms with Gasteiger partial charge in [-0.05, 0) is 31.6 Å². The van der Waals surface area contributed by atoms with Crippen molar-refractivity contribution in [3.8, 4) is 0 Å². The number of carbonyl (C=O) groups excluding carboxylic acids is 4. The number of hydrogen-bond acceptors (Lipinski definition) is 15. The molecule has 0 aromatic carbocycles. The third kappa shape index (κ3) is 72.2. The molecule has 0 saturated heterocycles. The Labute approximate surface area is 594 Å². The molecular weight excluding hydrogens is 1270 g/mol. The van der Waals surface area contributed by atoms with Crippen LogP contribution in [-0.2, 0) is 65.4 Å². The largest absolute Gasteiger partial charge is 0.472 e. The smallest absolute Gasteiger partial charge is 0.462 e. The second-order valence-electron chi connectivity index (χ2n) is 28.6. The highest BCUT2D eigenvalue weighted by Crippen LogP contribution is 2.45. The molecule has 97 heavy (non-hydrogen) atoms. The minimum Gasteiger partial charge on any atom is -0.462 e. The van der Waals surface area contributed by atoms with Crippen LogP contribution < -0.4 is 0 Å². The summed E-state index contributed by atoms with van der Waals surface area (Å²) in [5.74, 6) is -1.32. The van der Waals surface area contributed by atoms with E-state index in [4.69, 9.17) is 37.0 Å². The molecule has 0 rings (SSSR count). The molecule has 0 saturated carbocycles. The van der Waals surface area contributed by atoms with Gasteiger partial charge in [0.05, 0.1) is 26.4 Å². The normalized spacial score (nSPS) is 13.9.